The number of aryl methyl sites for hydroxylation is 1. The molecule has 0 fully saturated rings. The Kier molecular flexibility index (Phi) is 2.80. The predicted octanol–water partition coefficient (Wildman–Crippen LogP) is 2.99. The molecule has 0 aliphatic rings. The number of hydrogen-bond donors (Lipinski definition) is 1. The highest BCUT2D eigenvalue weighted by Gasteiger charge is 2.14. The number of rotatable bonds is 1. The number of hydrogen-bond acceptors (Lipinski definition) is 4. The van der Waals surface area contributed by atoms with Crippen molar-refractivity contribution in [1.29, 1.82) is 0 Å². The van der Waals surface area contributed by atoms with Crippen LogP contribution in [0.2, 0.25) is 10.0 Å². The molecule has 3 aromatic rings. The van der Waals surface area contributed by atoms with E-state index >= 15 is 0 Å². The van der Waals surface area contributed by atoms with Crippen LogP contribution in [0, 0.1) is 6.92 Å². The van der Waals surface area contributed by atoms with Crippen molar-refractivity contribution in [2.45, 2.75) is 6.92 Å². The zero-order chi connectivity index (χ0) is 13.6. The summed E-state index contributed by atoms with van der Waals surface area (Å²) in [5.41, 5.74) is 8.67. The number of fused-ring (bicyclic) bond motifs is 1. The number of nitrogens with zero attached hydrogens (tertiary/aromatic N) is 4. The van der Waals surface area contributed by atoms with Crippen molar-refractivity contribution < 1.29 is 0 Å². The number of anilines is 1. The predicted molar refractivity (Wildman–Crippen MR) is 75.4 cm³/mol. The molecule has 0 unspecified atom stereocenters. The van der Waals surface area contributed by atoms with Crippen LogP contribution in [0.4, 0.5) is 5.95 Å². The SMILES string of the molecule is Cc1c(Cl)ccc2c(-c3nc(N)ncc3Cl)cnn12. The molecule has 0 aliphatic carbocycles. The van der Waals surface area contributed by atoms with Crippen LogP contribution in [-0.2, 0) is 0 Å². The monoisotopic (exact) mass is 293 g/mol. The minimum Gasteiger partial charge on any atom is -0.368 e. The molecule has 0 atom stereocenters. The molecule has 5 nitrogen and oxygen atoms in total. The lowest BCUT2D eigenvalue weighted by Gasteiger charge is -2.04. The van der Waals surface area contributed by atoms with E-state index in [9.17, 15) is 0 Å². The molecule has 96 valence electrons. The lowest BCUT2D eigenvalue weighted by molar-refractivity contribution is 0.915. The van der Waals surface area contributed by atoms with Crippen molar-refractivity contribution >= 4 is 34.7 Å². The molecule has 7 heteroatoms. The van der Waals surface area contributed by atoms with Crippen molar-refractivity contribution in [3.8, 4) is 11.3 Å². The van der Waals surface area contributed by atoms with Gasteiger partial charge in [-0.1, -0.05) is 23.2 Å². The third-order valence-electron chi connectivity index (χ3n) is 2.88. The van der Waals surface area contributed by atoms with E-state index < -0.39 is 0 Å². The molecule has 0 amide bonds. The largest absolute Gasteiger partial charge is 0.368 e. The first-order valence-corrected chi connectivity index (χ1v) is 6.25. The average molecular weight is 294 g/mol. The van der Waals surface area contributed by atoms with Gasteiger partial charge >= 0.3 is 0 Å². The van der Waals surface area contributed by atoms with Crippen LogP contribution < -0.4 is 5.73 Å². The second kappa shape index (κ2) is 4.36. The summed E-state index contributed by atoms with van der Waals surface area (Å²) in [6, 6.07) is 3.68. The first kappa shape index (κ1) is 12.2. The van der Waals surface area contributed by atoms with Gasteiger partial charge in [0.15, 0.2) is 0 Å². The molecule has 0 saturated carbocycles. The fourth-order valence-corrected chi connectivity index (χ4v) is 2.25. The summed E-state index contributed by atoms with van der Waals surface area (Å²) < 4.78 is 1.74. The van der Waals surface area contributed by atoms with Gasteiger partial charge in [0.25, 0.3) is 0 Å². The zero-order valence-corrected chi connectivity index (χ0v) is 11.4. The van der Waals surface area contributed by atoms with Crippen molar-refractivity contribution in [1.82, 2.24) is 19.6 Å². The van der Waals surface area contributed by atoms with Crippen LogP contribution in [0.1, 0.15) is 5.69 Å². The van der Waals surface area contributed by atoms with E-state index in [1.165, 1.54) is 6.20 Å². The molecule has 0 saturated heterocycles. The van der Waals surface area contributed by atoms with E-state index in [4.69, 9.17) is 28.9 Å². The lowest BCUT2D eigenvalue weighted by atomic mass is 10.2. The third kappa shape index (κ3) is 1.91. The van der Waals surface area contributed by atoms with Crippen LogP contribution in [0.25, 0.3) is 16.8 Å². The smallest absolute Gasteiger partial charge is 0.220 e. The minimum atomic E-state index is 0.171. The maximum Gasteiger partial charge on any atom is 0.220 e. The van der Waals surface area contributed by atoms with Gasteiger partial charge in [-0.25, -0.2) is 14.5 Å². The standard InChI is InChI=1S/C12H9Cl2N5/c1-6-8(13)2-3-10-7(4-17-19(6)10)11-9(14)5-16-12(15)18-11/h2-5H,1H3,(H2,15,16,18). The summed E-state index contributed by atoms with van der Waals surface area (Å²) in [4.78, 5) is 8.01. The molecule has 0 spiro atoms. The quantitative estimate of drug-likeness (QED) is 0.749. The van der Waals surface area contributed by atoms with Crippen LogP contribution >= 0.6 is 23.2 Å². The van der Waals surface area contributed by atoms with E-state index in [2.05, 4.69) is 15.1 Å². The summed E-state index contributed by atoms with van der Waals surface area (Å²) >= 11 is 12.2. The Balaban J connectivity index is 2.32. The van der Waals surface area contributed by atoms with E-state index in [1.54, 1.807) is 10.7 Å². The number of nitrogens with two attached hydrogens (primary N) is 1. The summed E-state index contributed by atoms with van der Waals surface area (Å²) in [6.07, 6.45) is 3.16. The molecule has 3 heterocycles. The highest BCUT2D eigenvalue weighted by atomic mass is 35.5. The Morgan fingerprint density at radius 1 is 1.16 bits per heavy atom. The van der Waals surface area contributed by atoms with E-state index in [0.29, 0.717) is 15.7 Å². The fourth-order valence-electron chi connectivity index (χ4n) is 1.91. The number of nitrogen functional groups attached to an aromatic ring is 1. The summed E-state index contributed by atoms with van der Waals surface area (Å²) in [5.74, 6) is 0.171. The van der Waals surface area contributed by atoms with Gasteiger partial charge in [-0.3, -0.25) is 0 Å². The Bertz CT molecular complexity index is 781. The average Bonchev–Trinajstić information content (AvgIpc) is 2.81. The van der Waals surface area contributed by atoms with Crippen molar-refractivity contribution in [3.05, 3.63) is 40.3 Å². The Labute approximate surface area is 119 Å². The molecule has 0 bridgehead atoms. The van der Waals surface area contributed by atoms with Gasteiger partial charge in [-0.05, 0) is 19.1 Å². The minimum absolute atomic E-state index is 0.171. The van der Waals surface area contributed by atoms with Gasteiger partial charge < -0.3 is 5.73 Å². The highest BCUT2D eigenvalue weighted by Crippen LogP contribution is 2.30. The molecule has 2 N–H and O–H groups in total. The van der Waals surface area contributed by atoms with Crippen LogP contribution in [0.15, 0.2) is 24.5 Å². The molecule has 0 aliphatic heterocycles. The number of pyridine rings is 1. The van der Waals surface area contributed by atoms with Gasteiger partial charge in [-0.15, -0.1) is 0 Å². The summed E-state index contributed by atoms with van der Waals surface area (Å²) in [6.45, 7) is 1.89. The summed E-state index contributed by atoms with van der Waals surface area (Å²) in [5, 5.41) is 5.37. The Morgan fingerprint density at radius 3 is 2.74 bits per heavy atom. The van der Waals surface area contributed by atoms with Crippen molar-refractivity contribution in [2.75, 3.05) is 5.73 Å². The van der Waals surface area contributed by atoms with Gasteiger partial charge in [0.1, 0.15) is 0 Å². The number of aromatic nitrogens is 4. The lowest BCUT2D eigenvalue weighted by Crippen LogP contribution is -1.97. The van der Waals surface area contributed by atoms with Gasteiger partial charge in [0.05, 0.1) is 39.3 Å². The highest BCUT2D eigenvalue weighted by molar-refractivity contribution is 6.33. The molecule has 19 heavy (non-hydrogen) atoms. The van der Waals surface area contributed by atoms with Gasteiger partial charge in [-0.2, -0.15) is 5.10 Å². The second-order valence-electron chi connectivity index (χ2n) is 4.05. The molecule has 0 radical (unpaired) electrons. The molecule has 3 aromatic heterocycles. The van der Waals surface area contributed by atoms with Crippen molar-refractivity contribution in [2.24, 2.45) is 0 Å². The summed E-state index contributed by atoms with van der Waals surface area (Å²) in [7, 11) is 0. The van der Waals surface area contributed by atoms with Crippen LogP contribution in [-0.4, -0.2) is 19.6 Å². The third-order valence-corrected chi connectivity index (χ3v) is 3.55. The van der Waals surface area contributed by atoms with Gasteiger partial charge in [0, 0.05) is 5.56 Å². The second-order valence-corrected chi connectivity index (χ2v) is 4.86. The normalized spacial score (nSPS) is 11.1. The van der Waals surface area contributed by atoms with Crippen molar-refractivity contribution in [3.63, 3.8) is 0 Å². The Morgan fingerprint density at radius 2 is 1.95 bits per heavy atom. The van der Waals surface area contributed by atoms with E-state index in [1.807, 2.05) is 19.1 Å². The fraction of sp³-hybridized carbons (Fsp3) is 0.0833. The molecular formula is C12H9Cl2N5. The topological polar surface area (TPSA) is 69.1 Å². The molecule has 3 rings (SSSR count). The maximum atomic E-state index is 6.12. The van der Waals surface area contributed by atoms with E-state index in [-0.39, 0.29) is 5.95 Å². The van der Waals surface area contributed by atoms with Gasteiger partial charge in [0.2, 0.25) is 5.95 Å². The van der Waals surface area contributed by atoms with Crippen LogP contribution in [0.5, 0.6) is 0 Å². The first-order chi connectivity index (χ1) is 9.08. The maximum absolute atomic E-state index is 6.12. The Hall–Kier alpha value is -1.85. The van der Waals surface area contributed by atoms with Crippen LogP contribution in [0.3, 0.4) is 0 Å². The zero-order valence-electron chi connectivity index (χ0n) is 9.93. The first-order valence-electron chi connectivity index (χ1n) is 5.49. The molecular weight excluding hydrogens is 285 g/mol. The number of halogens is 2. The van der Waals surface area contributed by atoms with E-state index in [0.717, 1.165) is 16.8 Å². The molecule has 0 aromatic carbocycles.